The van der Waals surface area contributed by atoms with Crippen LogP contribution in [0.1, 0.15) is 17.4 Å². The molecule has 2 aromatic rings. The zero-order valence-electron chi connectivity index (χ0n) is 12.5. The van der Waals surface area contributed by atoms with Crippen LogP contribution < -0.4 is 10.2 Å². The topological polar surface area (TPSA) is 50.7 Å². The molecule has 0 saturated heterocycles. The smallest absolute Gasteiger partial charge is 0.250 e. The van der Waals surface area contributed by atoms with E-state index in [9.17, 15) is 4.79 Å². The lowest BCUT2D eigenvalue weighted by atomic mass is 10.2. The number of hydrogen-bond acceptors (Lipinski definition) is 5. The lowest BCUT2D eigenvalue weighted by Crippen LogP contribution is -2.21. The fourth-order valence-electron chi connectivity index (χ4n) is 1.70. The molecule has 1 amide bonds. The predicted molar refractivity (Wildman–Crippen MR) is 93.8 cm³/mol. The van der Waals surface area contributed by atoms with Gasteiger partial charge in [-0.2, -0.15) is 5.10 Å². The number of hydrogen-bond donors (Lipinski definition) is 1. The summed E-state index contributed by atoms with van der Waals surface area (Å²) in [4.78, 5) is 12.8. The summed E-state index contributed by atoms with van der Waals surface area (Å²) >= 11 is 3.16. The van der Waals surface area contributed by atoms with E-state index in [4.69, 9.17) is 4.74 Å². The van der Waals surface area contributed by atoms with Crippen LogP contribution in [0.5, 0.6) is 5.75 Å². The Morgan fingerprint density at radius 3 is 2.73 bits per heavy atom. The van der Waals surface area contributed by atoms with E-state index in [0.717, 1.165) is 27.7 Å². The number of carbonyl (C=O) groups excluding carboxylic acids is 1. The third-order valence-corrected chi connectivity index (χ3v) is 4.87. The average Bonchev–Trinajstić information content (AvgIpc) is 3.08. The van der Waals surface area contributed by atoms with Crippen LogP contribution in [0.25, 0.3) is 0 Å². The summed E-state index contributed by atoms with van der Waals surface area (Å²) < 4.78 is 5.11. The number of rotatable bonds is 7. The molecule has 0 unspecified atom stereocenters. The van der Waals surface area contributed by atoms with Crippen molar-refractivity contribution < 1.29 is 9.53 Å². The molecule has 22 heavy (non-hydrogen) atoms. The van der Waals surface area contributed by atoms with Gasteiger partial charge in [0.05, 0.1) is 18.6 Å². The standard InChI is InChI=1S/C16H18N2O2S2/c1-12(15-4-3-9-22-15)17-18-16(19)11-21-10-13-5-7-14(20-2)8-6-13/h3-9H,10-11H2,1-2H3,(H,18,19)/b17-12-. The largest absolute Gasteiger partial charge is 0.497 e. The van der Waals surface area contributed by atoms with Gasteiger partial charge in [-0.05, 0) is 36.1 Å². The van der Waals surface area contributed by atoms with Gasteiger partial charge in [0.2, 0.25) is 5.91 Å². The van der Waals surface area contributed by atoms with Crippen molar-refractivity contribution in [2.75, 3.05) is 12.9 Å². The summed E-state index contributed by atoms with van der Waals surface area (Å²) in [6.45, 7) is 1.89. The van der Waals surface area contributed by atoms with Crippen LogP contribution in [-0.4, -0.2) is 24.5 Å². The minimum Gasteiger partial charge on any atom is -0.497 e. The molecular weight excluding hydrogens is 316 g/mol. The maximum absolute atomic E-state index is 11.8. The van der Waals surface area contributed by atoms with Crippen LogP contribution in [-0.2, 0) is 10.5 Å². The molecule has 1 N–H and O–H groups in total. The molecule has 0 spiro atoms. The van der Waals surface area contributed by atoms with Crippen LogP contribution in [0.2, 0.25) is 0 Å². The van der Waals surface area contributed by atoms with Gasteiger partial charge in [-0.1, -0.05) is 18.2 Å². The fraction of sp³-hybridized carbons (Fsp3) is 0.250. The average molecular weight is 334 g/mol. The Balaban J connectivity index is 1.72. The predicted octanol–water partition coefficient (Wildman–Crippen LogP) is 3.53. The van der Waals surface area contributed by atoms with Gasteiger partial charge >= 0.3 is 0 Å². The Kier molecular flexibility index (Phi) is 6.48. The van der Waals surface area contributed by atoms with Crippen LogP contribution >= 0.6 is 23.1 Å². The molecular formula is C16H18N2O2S2. The number of benzene rings is 1. The van der Waals surface area contributed by atoms with Crippen molar-refractivity contribution in [2.45, 2.75) is 12.7 Å². The maximum Gasteiger partial charge on any atom is 0.250 e. The van der Waals surface area contributed by atoms with E-state index < -0.39 is 0 Å². The van der Waals surface area contributed by atoms with Gasteiger partial charge in [0.1, 0.15) is 5.75 Å². The maximum atomic E-state index is 11.8. The number of nitrogens with zero attached hydrogens (tertiary/aromatic N) is 1. The number of thiophene rings is 1. The van der Waals surface area contributed by atoms with Crippen LogP contribution in [0.4, 0.5) is 0 Å². The number of ether oxygens (including phenoxy) is 1. The highest BCUT2D eigenvalue weighted by molar-refractivity contribution is 7.99. The lowest BCUT2D eigenvalue weighted by molar-refractivity contribution is -0.118. The monoisotopic (exact) mass is 334 g/mol. The number of carbonyl (C=O) groups is 1. The molecule has 0 aliphatic carbocycles. The molecule has 0 fully saturated rings. The zero-order valence-corrected chi connectivity index (χ0v) is 14.2. The number of nitrogens with one attached hydrogen (secondary N) is 1. The second-order valence-corrected chi connectivity index (χ2v) is 6.48. The van der Waals surface area contributed by atoms with Crippen molar-refractivity contribution >= 4 is 34.7 Å². The van der Waals surface area contributed by atoms with E-state index in [0.29, 0.717) is 5.75 Å². The minimum absolute atomic E-state index is 0.0885. The Morgan fingerprint density at radius 1 is 1.32 bits per heavy atom. The van der Waals surface area contributed by atoms with Gasteiger partial charge in [0.25, 0.3) is 0 Å². The summed E-state index contributed by atoms with van der Waals surface area (Å²) in [6.07, 6.45) is 0. The number of methoxy groups -OCH3 is 1. The SMILES string of the molecule is COc1ccc(CSCC(=O)N/N=C(/C)c2cccs2)cc1. The van der Waals surface area contributed by atoms with E-state index in [2.05, 4.69) is 10.5 Å². The summed E-state index contributed by atoms with van der Waals surface area (Å²) in [5.41, 5.74) is 4.58. The number of thioether (sulfide) groups is 1. The highest BCUT2D eigenvalue weighted by Crippen LogP contribution is 2.16. The van der Waals surface area contributed by atoms with Crippen LogP contribution in [0.15, 0.2) is 46.9 Å². The fourth-order valence-corrected chi connectivity index (χ4v) is 3.16. The van der Waals surface area contributed by atoms with Crippen molar-refractivity contribution in [1.82, 2.24) is 5.43 Å². The molecule has 2 rings (SSSR count). The number of hydrazone groups is 1. The zero-order chi connectivity index (χ0) is 15.8. The van der Waals surface area contributed by atoms with Crippen molar-refractivity contribution in [3.63, 3.8) is 0 Å². The second-order valence-electron chi connectivity index (χ2n) is 4.55. The molecule has 0 aliphatic rings. The molecule has 1 aromatic carbocycles. The summed E-state index contributed by atoms with van der Waals surface area (Å²) in [5.74, 6) is 1.91. The molecule has 4 nitrogen and oxygen atoms in total. The third kappa shape index (κ3) is 5.20. The lowest BCUT2D eigenvalue weighted by Gasteiger charge is -2.04. The summed E-state index contributed by atoms with van der Waals surface area (Å²) in [5, 5.41) is 6.10. The van der Waals surface area contributed by atoms with Gasteiger partial charge in [-0.15, -0.1) is 23.1 Å². The quantitative estimate of drug-likeness (QED) is 0.622. The van der Waals surface area contributed by atoms with E-state index in [1.54, 1.807) is 30.2 Å². The molecule has 1 aromatic heterocycles. The Labute approximate surface area is 138 Å². The first-order chi connectivity index (χ1) is 10.7. The normalized spacial score (nSPS) is 11.3. The molecule has 0 radical (unpaired) electrons. The molecule has 1 heterocycles. The molecule has 0 aliphatic heterocycles. The summed E-state index contributed by atoms with van der Waals surface area (Å²) in [6, 6.07) is 11.8. The van der Waals surface area contributed by atoms with E-state index in [1.165, 1.54) is 0 Å². The second kappa shape index (κ2) is 8.60. The van der Waals surface area contributed by atoms with Crippen molar-refractivity contribution in [3.05, 3.63) is 52.2 Å². The minimum atomic E-state index is -0.0885. The summed E-state index contributed by atoms with van der Waals surface area (Å²) in [7, 11) is 1.65. The van der Waals surface area contributed by atoms with Gasteiger partial charge in [0.15, 0.2) is 0 Å². The van der Waals surface area contributed by atoms with Crippen molar-refractivity contribution in [2.24, 2.45) is 5.10 Å². The first-order valence-corrected chi connectivity index (χ1v) is 8.80. The first-order valence-electron chi connectivity index (χ1n) is 6.76. The van der Waals surface area contributed by atoms with E-state index in [1.807, 2.05) is 48.7 Å². The van der Waals surface area contributed by atoms with Gasteiger partial charge in [-0.25, -0.2) is 5.43 Å². The van der Waals surface area contributed by atoms with Gasteiger partial charge in [0, 0.05) is 10.6 Å². The van der Waals surface area contributed by atoms with Crippen molar-refractivity contribution in [1.29, 1.82) is 0 Å². The number of amides is 1. The van der Waals surface area contributed by atoms with Crippen LogP contribution in [0.3, 0.4) is 0 Å². The highest BCUT2D eigenvalue weighted by atomic mass is 32.2. The molecule has 0 atom stereocenters. The third-order valence-electron chi connectivity index (χ3n) is 2.89. The van der Waals surface area contributed by atoms with Crippen molar-refractivity contribution in [3.8, 4) is 5.75 Å². The Bertz CT molecular complexity index is 622. The van der Waals surface area contributed by atoms with E-state index >= 15 is 0 Å². The molecule has 0 saturated carbocycles. The van der Waals surface area contributed by atoms with Gasteiger partial charge in [-0.3, -0.25) is 4.79 Å². The molecule has 6 heteroatoms. The van der Waals surface area contributed by atoms with Crippen LogP contribution in [0, 0.1) is 0 Å². The molecule has 0 bridgehead atoms. The van der Waals surface area contributed by atoms with E-state index in [-0.39, 0.29) is 5.91 Å². The first kappa shape index (κ1) is 16.6. The highest BCUT2D eigenvalue weighted by Gasteiger charge is 2.03. The Morgan fingerprint density at radius 2 is 2.09 bits per heavy atom. The Hall–Kier alpha value is -1.79. The van der Waals surface area contributed by atoms with Gasteiger partial charge < -0.3 is 4.74 Å². The molecule has 116 valence electrons.